The summed E-state index contributed by atoms with van der Waals surface area (Å²) in [5.41, 5.74) is 1.75. The van der Waals surface area contributed by atoms with Gasteiger partial charge in [0.2, 0.25) is 0 Å². The first-order valence-corrected chi connectivity index (χ1v) is 8.00. The van der Waals surface area contributed by atoms with Gasteiger partial charge in [0.1, 0.15) is 0 Å². The molecule has 1 aliphatic heterocycles. The van der Waals surface area contributed by atoms with Crippen molar-refractivity contribution in [2.75, 3.05) is 33.2 Å². The van der Waals surface area contributed by atoms with Crippen molar-refractivity contribution in [3.05, 3.63) is 71.8 Å². The van der Waals surface area contributed by atoms with E-state index in [1.807, 2.05) is 41.4 Å². The molecule has 0 bridgehead atoms. The van der Waals surface area contributed by atoms with E-state index >= 15 is 0 Å². The Bertz CT molecular complexity index is 622. The Morgan fingerprint density at radius 1 is 1.04 bits per heavy atom. The Morgan fingerprint density at radius 3 is 2.39 bits per heavy atom. The van der Waals surface area contributed by atoms with Gasteiger partial charge in [-0.1, -0.05) is 48.5 Å². The minimum Gasteiger partial charge on any atom is -0.304 e. The van der Waals surface area contributed by atoms with Gasteiger partial charge in [0.05, 0.1) is 6.54 Å². The number of benzene rings is 2. The Kier molecular flexibility index (Phi) is 5.05. The van der Waals surface area contributed by atoms with Crippen molar-refractivity contribution >= 4 is 5.91 Å². The van der Waals surface area contributed by atoms with Gasteiger partial charge in [-0.25, -0.2) is 5.01 Å². The number of carbonyl (C=O) groups is 1. The van der Waals surface area contributed by atoms with Gasteiger partial charge < -0.3 is 4.90 Å². The molecule has 119 valence electrons. The van der Waals surface area contributed by atoms with E-state index in [9.17, 15) is 4.79 Å². The van der Waals surface area contributed by atoms with E-state index in [2.05, 4.69) is 35.2 Å². The summed E-state index contributed by atoms with van der Waals surface area (Å²) in [5.74, 6) is 0.0130. The number of nitrogens with zero attached hydrogens (tertiary/aromatic N) is 3. The van der Waals surface area contributed by atoms with E-state index < -0.39 is 0 Å². The molecule has 1 heterocycles. The van der Waals surface area contributed by atoms with Crippen LogP contribution in [0.25, 0.3) is 0 Å². The number of hydrogen-bond acceptors (Lipinski definition) is 3. The van der Waals surface area contributed by atoms with Crippen molar-refractivity contribution in [3.63, 3.8) is 0 Å². The number of hydrazine groups is 1. The molecule has 0 atom stereocenters. The van der Waals surface area contributed by atoms with Crippen LogP contribution in [0.2, 0.25) is 0 Å². The standard InChI is InChI=1S/C19H22N3O/c1-20-12-14-21(15-13-20)22(16-17-8-4-2-5-9-17)19(23)18-10-6-3-7-11-18/h2-10H,12-16H2,1H3. The summed E-state index contributed by atoms with van der Waals surface area (Å²) >= 11 is 0. The summed E-state index contributed by atoms with van der Waals surface area (Å²) in [6, 6.07) is 20.6. The molecular formula is C19H22N3O. The smallest absolute Gasteiger partial charge is 0.269 e. The highest BCUT2D eigenvalue weighted by molar-refractivity contribution is 5.93. The maximum atomic E-state index is 13.0. The highest BCUT2D eigenvalue weighted by atomic mass is 16.2. The van der Waals surface area contributed by atoms with E-state index in [1.54, 1.807) is 6.07 Å². The molecule has 1 amide bonds. The lowest BCUT2D eigenvalue weighted by atomic mass is 10.2. The average molecular weight is 308 g/mol. The van der Waals surface area contributed by atoms with Crippen LogP contribution in [0, 0.1) is 6.07 Å². The maximum absolute atomic E-state index is 13.0. The monoisotopic (exact) mass is 308 g/mol. The summed E-state index contributed by atoms with van der Waals surface area (Å²) in [7, 11) is 2.12. The van der Waals surface area contributed by atoms with Gasteiger partial charge >= 0.3 is 0 Å². The molecule has 0 unspecified atom stereocenters. The molecule has 1 aliphatic rings. The Hall–Kier alpha value is -2.17. The number of likely N-dealkylation sites (N-methyl/N-ethyl adjacent to an activating group) is 1. The summed E-state index contributed by atoms with van der Waals surface area (Å²) in [4.78, 5) is 15.3. The van der Waals surface area contributed by atoms with Crippen molar-refractivity contribution < 1.29 is 4.79 Å². The molecule has 1 radical (unpaired) electrons. The van der Waals surface area contributed by atoms with Crippen molar-refractivity contribution in [1.82, 2.24) is 14.9 Å². The third-order valence-electron chi connectivity index (χ3n) is 4.17. The van der Waals surface area contributed by atoms with Crippen molar-refractivity contribution in [1.29, 1.82) is 0 Å². The fourth-order valence-electron chi connectivity index (χ4n) is 2.76. The van der Waals surface area contributed by atoms with Crippen LogP contribution in [0.3, 0.4) is 0 Å². The van der Waals surface area contributed by atoms with Crippen LogP contribution in [0.1, 0.15) is 15.9 Å². The SMILES string of the molecule is CN1CCN(N(Cc2ccccc2)C(=O)c2[c]cccc2)CC1. The lowest BCUT2D eigenvalue weighted by Crippen LogP contribution is -2.54. The summed E-state index contributed by atoms with van der Waals surface area (Å²) in [5, 5.41) is 4.03. The van der Waals surface area contributed by atoms with Crippen LogP contribution < -0.4 is 0 Å². The zero-order valence-electron chi connectivity index (χ0n) is 13.5. The largest absolute Gasteiger partial charge is 0.304 e. The molecule has 3 rings (SSSR count). The van der Waals surface area contributed by atoms with Gasteiger partial charge in [-0.2, -0.15) is 0 Å². The fourth-order valence-corrected chi connectivity index (χ4v) is 2.76. The van der Waals surface area contributed by atoms with E-state index in [0.29, 0.717) is 12.1 Å². The first kappa shape index (κ1) is 15.7. The molecular weight excluding hydrogens is 286 g/mol. The summed E-state index contributed by atoms with van der Waals surface area (Å²) in [6.45, 7) is 4.25. The molecule has 23 heavy (non-hydrogen) atoms. The van der Waals surface area contributed by atoms with Crippen LogP contribution in [0.15, 0.2) is 54.6 Å². The van der Waals surface area contributed by atoms with Gasteiger partial charge in [-0.3, -0.25) is 9.80 Å². The Balaban J connectivity index is 1.82. The molecule has 0 aromatic heterocycles. The van der Waals surface area contributed by atoms with Gasteiger partial charge in [0, 0.05) is 31.7 Å². The molecule has 1 fully saturated rings. The number of amides is 1. The summed E-state index contributed by atoms with van der Waals surface area (Å²) in [6.07, 6.45) is 0. The van der Waals surface area contributed by atoms with Crippen molar-refractivity contribution in [3.8, 4) is 0 Å². The van der Waals surface area contributed by atoms with Crippen LogP contribution in [-0.4, -0.2) is 54.1 Å². The van der Waals surface area contributed by atoms with E-state index in [1.165, 1.54) is 0 Å². The lowest BCUT2D eigenvalue weighted by Gasteiger charge is -2.40. The third kappa shape index (κ3) is 3.97. The zero-order valence-corrected chi connectivity index (χ0v) is 13.5. The second-order valence-corrected chi connectivity index (χ2v) is 5.88. The van der Waals surface area contributed by atoms with Crippen LogP contribution >= 0.6 is 0 Å². The first-order chi connectivity index (χ1) is 11.2. The third-order valence-corrected chi connectivity index (χ3v) is 4.17. The number of piperazine rings is 1. The van der Waals surface area contributed by atoms with Crippen molar-refractivity contribution in [2.24, 2.45) is 0 Å². The highest BCUT2D eigenvalue weighted by Crippen LogP contribution is 2.14. The molecule has 1 saturated heterocycles. The molecule has 2 aromatic rings. The summed E-state index contributed by atoms with van der Waals surface area (Å²) < 4.78 is 0. The molecule has 0 N–H and O–H groups in total. The van der Waals surface area contributed by atoms with E-state index in [0.717, 1.165) is 31.7 Å². The minimum absolute atomic E-state index is 0.0130. The van der Waals surface area contributed by atoms with E-state index in [-0.39, 0.29) is 5.91 Å². The first-order valence-electron chi connectivity index (χ1n) is 8.00. The number of hydrogen-bond donors (Lipinski definition) is 0. The lowest BCUT2D eigenvalue weighted by molar-refractivity contribution is -0.0389. The number of rotatable bonds is 4. The van der Waals surface area contributed by atoms with Crippen LogP contribution in [0.5, 0.6) is 0 Å². The molecule has 2 aromatic carbocycles. The van der Waals surface area contributed by atoms with Gasteiger partial charge in [0.25, 0.3) is 5.91 Å². The van der Waals surface area contributed by atoms with Crippen LogP contribution in [-0.2, 0) is 6.54 Å². The number of carbonyl (C=O) groups excluding carboxylic acids is 1. The second kappa shape index (κ2) is 7.40. The maximum Gasteiger partial charge on any atom is 0.269 e. The van der Waals surface area contributed by atoms with Crippen molar-refractivity contribution in [2.45, 2.75) is 6.54 Å². The molecule has 0 spiro atoms. The Morgan fingerprint density at radius 2 is 1.74 bits per heavy atom. The molecule has 4 heteroatoms. The van der Waals surface area contributed by atoms with Gasteiger partial charge in [-0.15, -0.1) is 0 Å². The molecule has 0 saturated carbocycles. The van der Waals surface area contributed by atoms with Gasteiger partial charge in [0.15, 0.2) is 0 Å². The molecule has 4 nitrogen and oxygen atoms in total. The average Bonchev–Trinajstić information content (AvgIpc) is 2.62. The normalized spacial score (nSPS) is 16.2. The Labute approximate surface area is 137 Å². The molecule has 0 aliphatic carbocycles. The fraction of sp³-hybridized carbons (Fsp3) is 0.316. The predicted molar refractivity (Wildman–Crippen MR) is 90.7 cm³/mol. The topological polar surface area (TPSA) is 26.8 Å². The highest BCUT2D eigenvalue weighted by Gasteiger charge is 2.25. The second-order valence-electron chi connectivity index (χ2n) is 5.88. The predicted octanol–water partition coefficient (Wildman–Crippen LogP) is 2.29. The zero-order chi connectivity index (χ0) is 16.1. The quantitative estimate of drug-likeness (QED) is 0.867. The van der Waals surface area contributed by atoms with E-state index in [4.69, 9.17) is 0 Å². The minimum atomic E-state index is 0.0130. The van der Waals surface area contributed by atoms with Gasteiger partial charge in [-0.05, 0) is 24.7 Å². The van der Waals surface area contributed by atoms with Crippen LogP contribution in [0.4, 0.5) is 0 Å².